The molecule has 0 bridgehead atoms. The predicted molar refractivity (Wildman–Crippen MR) is 76.2 cm³/mol. The molecule has 0 saturated heterocycles. The number of hydrogen-bond donors (Lipinski definition) is 0. The van der Waals surface area contributed by atoms with Crippen molar-refractivity contribution in [3.8, 4) is 0 Å². The van der Waals surface area contributed by atoms with Crippen molar-refractivity contribution in [2.45, 2.75) is 6.18 Å². The monoisotopic (exact) mass is 355 g/mol. The Bertz CT molecular complexity index is 590. The molecule has 0 aliphatic heterocycles. The van der Waals surface area contributed by atoms with E-state index in [1.807, 2.05) is 0 Å². The number of rotatable bonds is 5. The Hall–Kier alpha value is -1.73. The highest BCUT2D eigenvalue weighted by Crippen LogP contribution is 2.37. The molecular weight excluding hydrogens is 346 g/mol. The highest BCUT2D eigenvalue weighted by molar-refractivity contribution is 6.66. The molecule has 0 heterocycles. The molecule has 22 heavy (non-hydrogen) atoms. The molecule has 120 valence electrons. The van der Waals surface area contributed by atoms with Crippen LogP contribution in [0.1, 0.15) is 5.56 Å². The van der Waals surface area contributed by atoms with Crippen LogP contribution in [0, 0.1) is 0 Å². The number of hydrogen-bond acceptors (Lipinski definition) is 3. The molecule has 0 spiro atoms. The summed E-state index contributed by atoms with van der Waals surface area (Å²) in [6.45, 7) is 2.59. The summed E-state index contributed by atoms with van der Waals surface area (Å²) in [7, 11) is 0. The van der Waals surface area contributed by atoms with Gasteiger partial charge >= 0.3 is 17.5 Å². The van der Waals surface area contributed by atoms with Crippen LogP contribution < -0.4 is 4.90 Å². The summed E-state index contributed by atoms with van der Waals surface area (Å²) in [6, 6.07) is 2.73. The molecule has 0 unspecified atom stereocenters. The Morgan fingerprint density at radius 2 is 2.00 bits per heavy atom. The first kappa shape index (κ1) is 18.3. The number of anilines is 1. The first-order valence-corrected chi connectivity index (χ1v) is 6.52. The van der Waals surface area contributed by atoms with Crippen LogP contribution in [0.3, 0.4) is 0 Å². The van der Waals surface area contributed by atoms with Crippen LogP contribution in [0.5, 0.6) is 0 Å². The van der Waals surface area contributed by atoms with Crippen molar-refractivity contribution in [3.05, 3.63) is 41.4 Å². The second-order valence-corrected chi connectivity index (χ2v) is 4.70. The van der Waals surface area contributed by atoms with E-state index in [1.54, 1.807) is 0 Å². The van der Waals surface area contributed by atoms with Gasteiger partial charge in [-0.2, -0.15) is 13.2 Å². The molecule has 0 fully saturated rings. The van der Waals surface area contributed by atoms with Crippen LogP contribution in [0.4, 0.5) is 23.7 Å². The van der Waals surface area contributed by atoms with Crippen molar-refractivity contribution in [3.63, 3.8) is 0 Å². The molecule has 0 aliphatic carbocycles. The van der Waals surface area contributed by atoms with Crippen molar-refractivity contribution in [1.29, 1.82) is 0 Å². The Kier molecular flexibility index (Phi) is 6.25. The van der Waals surface area contributed by atoms with Gasteiger partial charge in [0, 0.05) is 5.69 Å². The molecule has 0 atom stereocenters. The minimum absolute atomic E-state index is 0.0996. The number of alkyl halides is 3. The molecule has 0 saturated carbocycles. The molecule has 9 heteroatoms. The number of nitrogens with zero attached hydrogens (tertiary/aromatic N) is 1. The fraction of sp³-hybridized carbons (Fsp3) is 0.231. The second-order valence-electron chi connectivity index (χ2n) is 3.97. The van der Waals surface area contributed by atoms with Crippen LogP contribution in [0.15, 0.2) is 30.9 Å². The maximum atomic E-state index is 12.8. The highest BCUT2D eigenvalue weighted by Gasteiger charge is 2.34. The maximum Gasteiger partial charge on any atom is 0.417 e. The number of esters is 1. The van der Waals surface area contributed by atoms with Gasteiger partial charge in [-0.25, -0.2) is 0 Å². The minimum atomic E-state index is -4.71. The molecule has 1 amide bonds. The lowest BCUT2D eigenvalue weighted by Gasteiger charge is -2.20. The Labute approximate surface area is 134 Å². The van der Waals surface area contributed by atoms with Gasteiger partial charge in [0.05, 0.1) is 10.6 Å². The van der Waals surface area contributed by atoms with E-state index >= 15 is 0 Å². The first-order chi connectivity index (χ1) is 10.2. The zero-order chi connectivity index (χ0) is 16.9. The van der Waals surface area contributed by atoms with Gasteiger partial charge in [-0.15, -0.1) is 0 Å². The number of ether oxygens (including phenoxy) is 1. The van der Waals surface area contributed by atoms with Crippen LogP contribution in [0.25, 0.3) is 0 Å². The van der Waals surface area contributed by atoms with E-state index in [1.165, 1.54) is 6.08 Å². The maximum absolute atomic E-state index is 12.8. The van der Waals surface area contributed by atoms with Crippen LogP contribution in [0.2, 0.25) is 5.02 Å². The van der Waals surface area contributed by atoms with Crippen molar-refractivity contribution in [2.75, 3.05) is 18.1 Å². The zero-order valence-electron chi connectivity index (χ0n) is 11.0. The number of carbonyl (C=O) groups is 2. The molecular formula is C13H10Cl2F3NO3. The predicted octanol–water partition coefficient (Wildman–Crippen LogP) is 4.25. The largest absolute Gasteiger partial charge is 0.460 e. The standard InChI is InChI=1S/C13H10Cl2F3NO3/c1-2-5-22-11(20)7-19(12(15)21)8-3-4-10(14)9(6-8)13(16,17)18/h2-4,6H,1,5,7H2. The summed E-state index contributed by atoms with van der Waals surface area (Å²) < 4.78 is 43.1. The Balaban J connectivity index is 3.09. The molecule has 0 aliphatic rings. The highest BCUT2D eigenvalue weighted by atomic mass is 35.5. The summed E-state index contributed by atoms with van der Waals surface area (Å²) in [5.41, 5.74) is -1.37. The molecule has 0 aromatic heterocycles. The molecule has 4 nitrogen and oxygen atoms in total. The van der Waals surface area contributed by atoms with E-state index in [9.17, 15) is 22.8 Å². The van der Waals surface area contributed by atoms with Gasteiger partial charge in [-0.3, -0.25) is 14.5 Å². The summed E-state index contributed by atoms with van der Waals surface area (Å²) in [4.78, 5) is 23.5. The molecule has 1 aromatic rings. The van der Waals surface area contributed by atoms with E-state index in [2.05, 4.69) is 11.3 Å². The first-order valence-electron chi connectivity index (χ1n) is 5.77. The van der Waals surface area contributed by atoms with Crippen LogP contribution in [-0.2, 0) is 15.7 Å². The fourth-order valence-corrected chi connectivity index (χ4v) is 1.86. The van der Waals surface area contributed by atoms with Crippen molar-refractivity contribution in [2.24, 2.45) is 0 Å². The number of halogens is 5. The van der Waals surface area contributed by atoms with E-state index in [-0.39, 0.29) is 12.3 Å². The van der Waals surface area contributed by atoms with Gasteiger partial charge in [-0.1, -0.05) is 24.3 Å². The number of amides is 1. The van der Waals surface area contributed by atoms with E-state index in [0.717, 1.165) is 12.1 Å². The lowest BCUT2D eigenvalue weighted by atomic mass is 10.2. The lowest BCUT2D eigenvalue weighted by molar-refractivity contribution is -0.140. The van der Waals surface area contributed by atoms with Gasteiger partial charge < -0.3 is 4.74 Å². The number of carbonyl (C=O) groups excluding carboxylic acids is 2. The smallest absolute Gasteiger partial charge is 0.417 e. The molecule has 0 N–H and O–H groups in total. The summed E-state index contributed by atoms with van der Waals surface area (Å²) in [5, 5.41) is -1.67. The van der Waals surface area contributed by atoms with Crippen molar-refractivity contribution in [1.82, 2.24) is 0 Å². The van der Waals surface area contributed by atoms with Crippen LogP contribution >= 0.6 is 23.2 Å². The summed E-state index contributed by atoms with van der Waals surface area (Å²) in [5.74, 6) is -0.850. The van der Waals surface area contributed by atoms with Gasteiger partial charge in [0.2, 0.25) is 0 Å². The second kappa shape index (κ2) is 7.51. The average Bonchev–Trinajstić information content (AvgIpc) is 2.41. The van der Waals surface area contributed by atoms with Gasteiger partial charge in [0.25, 0.3) is 0 Å². The van der Waals surface area contributed by atoms with Gasteiger partial charge in [0.1, 0.15) is 13.2 Å². The molecule has 1 rings (SSSR count). The summed E-state index contributed by atoms with van der Waals surface area (Å²) >= 11 is 10.8. The lowest BCUT2D eigenvalue weighted by Crippen LogP contribution is -2.33. The molecule has 0 radical (unpaired) electrons. The molecule has 1 aromatic carbocycles. The number of benzene rings is 1. The van der Waals surface area contributed by atoms with E-state index in [0.29, 0.717) is 11.0 Å². The van der Waals surface area contributed by atoms with Crippen molar-refractivity contribution >= 4 is 40.2 Å². The summed E-state index contributed by atoms with van der Waals surface area (Å²) in [6.07, 6.45) is -3.41. The third kappa shape index (κ3) is 4.92. The fourth-order valence-electron chi connectivity index (χ4n) is 1.48. The van der Waals surface area contributed by atoms with Gasteiger partial charge in [-0.05, 0) is 29.8 Å². The quantitative estimate of drug-likeness (QED) is 0.343. The normalized spacial score (nSPS) is 11.0. The van der Waals surface area contributed by atoms with Gasteiger partial charge in [0.15, 0.2) is 0 Å². The zero-order valence-corrected chi connectivity index (χ0v) is 12.5. The Morgan fingerprint density at radius 1 is 1.36 bits per heavy atom. The van der Waals surface area contributed by atoms with E-state index in [4.69, 9.17) is 23.2 Å². The van der Waals surface area contributed by atoms with Crippen molar-refractivity contribution < 1.29 is 27.5 Å². The Morgan fingerprint density at radius 3 is 2.50 bits per heavy atom. The third-order valence-corrected chi connectivity index (χ3v) is 2.96. The topological polar surface area (TPSA) is 46.6 Å². The van der Waals surface area contributed by atoms with Crippen LogP contribution in [-0.4, -0.2) is 24.5 Å². The minimum Gasteiger partial charge on any atom is -0.460 e. The average molecular weight is 356 g/mol. The van der Waals surface area contributed by atoms with E-state index < -0.39 is 34.6 Å². The SMILES string of the molecule is C=CCOC(=O)CN(C(=O)Cl)c1ccc(Cl)c(C(F)(F)F)c1. The third-order valence-electron chi connectivity index (χ3n) is 2.43.